The monoisotopic (exact) mass is 502 g/mol. The Hall–Kier alpha value is -3.44. The van der Waals surface area contributed by atoms with Crippen molar-refractivity contribution < 1.29 is 22.5 Å². The van der Waals surface area contributed by atoms with Crippen LogP contribution in [-0.2, 0) is 10.0 Å². The van der Waals surface area contributed by atoms with Gasteiger partial charge in [-0.1, -0.05) is 31.1 Å². The van der Waals surface area contributed by atoms with Gasteiger partial charge in [0.1, 0.15) is 11.5 Å². The lowest BCUT2D eigenvalue weighted by atomic mass is 10.1. The lowest BCUT2D eigenvalue weighted by Crippen LogP contribution is -2.34. The minimum absolute atomic E-state index is 0.0288. The number of carbonyl (C=O) groups excluding carboxylic acids is 1. The van der Waals surface area contributed by atoms with Gasteiger partial charge in [-0.3, -0.25) is 14.8 Å². The van der Waals surface area contributed by atoms with Gasteiger partial charge in [0.15, 0.2) is 10.9 Å². The first-order chi connectivity index (χ1) is 16.1. The summed E-state index contributed by atoms with van der Waals surface area (Å²) in [7, 11) is -3.84. The Bertz CT molecular complexity index is 1250. The molecule has 1 amide bonds. The maximum Gasteiger partial charge on any atom is 0.263 e. The van der Waals surface area contributed by atoms with Crippen LogP contribution in [0.5, 0.6) is 5.75 Å². The highest BCUT2D eigenvalue weighted by atomic mass is 32.2. The second kappa shape index (κ2) is 11.1. The molecule has 0 bridgehead atoms. The Kier molecular flexibility index (Phi) is 8.24. The van der Waals surface area contributed by atoms with Crippen molar-refractivity contribution in [2.75, 3.05) is 16.6 Å². The molecular weight excluding hydrogens is 476 g/mol. The van der Waals surface area contributed by atoms with Crippen molar-refractivity contribution in [1.82, 2.24) is 10.5 Å². The molecule has 0 aliphatic carbocycles. The number of aryl methyl sites for hydroxylation is 1. The molecule has 0 atom stereocenters. The third kappa shape index (κ3) is 7.03. The van der Waals surface area contributed by atoms with E-state index in [1.165, 1.54) is 30.3 Å². The molecule has 0 radical (unpaired) electrons. The van der Waals surface area contributed by atoms with Crippen LogP contribution in [-0.4, -0.2) is 31.2 Å². The molecule has 34 heavy (non-hydrogen) atoms. The highest BCUT2D eigenvalue weighted by molar-refractivity contribution is 7.92. The number of anilines is 2. The van der Waals surface area contributed by atoms with Gasteiger partial charge in [-0.25, -0.2) is 8.42 Å². The van der Waals surface area contributed by atoms with Crippen molar-refractivity contribution in [3.8, 4) is 5.75 Å². The van der Waals surface area contributed by atoms with E-state index in [1.807, 2.05) is 0 Å². The molecule has 0 unspecified atom stereocenters. The van der Waals surface area contributed by atoms with Gasteiger partial charge in [-0.2, -0.15) is 0 Å². The second-order valence-corrected chi connectivity index (χ2v) is 9.98. The molecular formula is C23H26N4O5S2. The lowest BCUT2D eigenvalue weighted by molar-refractivity contribution is 0.0973. The number of ether oxygens (including phenoxy) is 1. The number of para-hydroxylation sites is 1. The van der Waals surface area contributed by atoms with Crippen molar-refractivity contribution in [2.24, 2.45) is 5.92 Å². The van der Waals surface area contributed by atoms with Crippen molar-refractivity contribution in [3.05, 3.63) is 65.9 Å². The Labute approximate surface area is 203 Å². The summed E-state index contributed by atoms with van der Waals surface area (Å²) >= 11 is 5.24. The summed E-state index contributed by atoms with van der Waals surface area (Å²) in [6, 6.07) is 14.3. The van der Waals surface area contributed by atoms with Crippen LogP contribution < -0.4 is 20.1 Å². The van der Waals surface area contributed by atoms with Gasteiger partial charge in [-0.05, 0) is 67.9 Å². The van der Waals surface area contributed by atoms with Crippen LogP contribution in [0.15, 0.2) is 64.0 Å². The van der Waals surface area contributed by atoms with Crippen molar-refractivity contribution >= 4 is 44.8 Å². The van der Waals surface area contributed by atoms with Gasteiger partial charge in [0.25, 0.3) is 15.9 Å². The van der Waals surface area contributed by atoms with Gasteiger partial charge in [0, 0.05) is 11.8 Å². The lowest BCUT2D eigenvalue weighted by Gasteiger charge is -2.14. The van der Waals surface area contributed by atoms with E-state index in [1.54, 1.807) is 31.2 Å². The van der Waals surface area contributed by atoms with Gasteiger partial charge in [0.2, 0.25) is 0 Å². The average Bonchev–Trinajstić information content (AvgIpc) is 3.17. The molecule has 1 aromatic heterocycles. The molecule has 2 aromatic carbocycles. The van der Waals surface area contributed by atoms with Crippen molar-refractivity contribution in [2.45, 2.75) is 32.1 Å². The maximum absolute atomic E-state index is 12.7. The summed E-state index contributed by atoms with van der Waals surface area (Å²) in [6.45, 7) is 6.36. The molecule has 0 fully saturated rings. The van der Waals surface area contributed by atoms with Crippen LogP contribution in [0, 0.1) is 12.8 Å². The predicted octanol–water partition coefficient (Wildman–Crippen LogP) is 4.34. The van der Waals surface area contributed by atoms with Crippen LogP contribution in [0.25, 0.3) is 0 Å². The number of nitrogens with zero attached hydrogens (tertiary/aromatic N) is 1. The molecule has 3 aromatic rings. The van der Waals surface area contributed by atoms with Gasteiger partial charge in [-0.15, -0.1) is 0 Å². The number of amides is 1. The Morgan fingerprint density at radius 2 is 1.85 bits per heavy atom. The summed E-state index contributed by atoms with van der Waals surface area (Å²) in [6.07, 6.45) is 0.870. The minimum atomic E-state index is -3.84. The van der Waals surface area contributed by atoms with E-state index in [9.17, 15) is 13.2 Å². The van der Waals surface area contributed by atoms with E-state index >= 15 is 0 Å². The first-order valence-electron chi connectivity index (χ1n) is 10.5. The standard InChI is InChI=1S/C23H26N4O5S2/c1-15(2)12-13-31-20-7-5-4-6-19(20)22(28)25-23(33)24-17-8-10-18(11-9-17)34(29,30)27-21-14-16(3)32-26-21/h4-11,14-15H,12-13H2,1-3H3,(H,26,27)(H2,24,25,28,33). The molecule has 11 heteroatoms. The smallest absolute Gasteiger partial charge is 0.263 e. The van der Waals surface area contributed by atoms with E-state index in [0.29, 0.717) is 35.3 Å². The van der Waals surface area contributed by atoms with E-state index in [2.05, 4.69) is 34.4 Å². The van der Waals surface area contributed by atoms with Gasteiger partial charge < -0.3 is 14.6 Å². The molecule has 9 nitrogen and oxygen atoms in total. The summed E-state index contributed by atoms with van der Waals surface area (Å²) < 4.78 is 37.9. The number of benzene rings is 2. The third-order valence-corrected chi connectivity index (χ3v) is 6.18. The molecule has 180 valence electrons. The fraction of sp³-hybridized carbons (Fsp3) is 0.261. The number of hydrogen-bond acceptors (Lipinski definition) is 7. The molecule has 0 aliphatic rings. The molecule has 3 rings (SSSR count). The zero-order chi connectivity index (χ0) is 24.7. The van der Waals surface area contributed by atoms with Crippen molar-refractivity contribution in [3.63, 3.8) is 0 Å². The number of hydrogen-bond donors (Lipinski definition) is 3. The molecule has 1 heterocycles. The van der Waals surface area contributed by atoms with Crippen LogP contribution in [0.2, 0.25) is 0 Å². The van der Waals surface area contributed by atoms with Crippen molar-refractivity contribution in [1.29, 1.82) is 0 Å². The zero-order valence-electron chi connectivity index (χ0n) is 19.0. The largest absolute Gasteiger partial charge is 0.493 e. The van der Waals surface area contributed by atoms with Crippen LogP contribution in [0.1, 0.15) is 36.4 Å². The van der Waals surface area contributed by atoms with Gasteiger partial charge >= 0.3 is 0 Å². The number of rotatable bonds is 9. The number of carbonyl (C=O) groups is 1. The highest BCUT2D eigenvalue weighted by Crippen LogP contribution is 2.20. The third-order valence-electron chi connectivity index (χ3n) is 4.60. The predicted molar refractivity (Wildman–Crippen MR) is 134 cm³/mol. The number of nitrogens with one attached hydrogen (secondary N) is 3. The first kappa shape index (κ1) is 25.2. The highest BCUT2D eigenvalue weighted by Gasteiger charge is 2.17. The SMILES string of the molecule is Cc1cc(NS(=O)(=O)c2ccc(NC(=S)NC(=O)c3ccccc3OCCC(C)C)cc2)no1. The van der Waals surface area contributed by atoms with E-state index in [4.69, 9.17) is 21.5 Å². The molecule has 3 N–H and O–H groups in total. The Morgan fingerprint density at radius 3 is 2.50 bits per heavy atom. The Balaban J connectivity index is 1.59. The summed E-state index contributed by atoms with van der Waals surface area (Å²) in [5.41, 5.74) is 0.869. The fourth-order valence-electron chi connectivity index (χ4n) is 2.85. The quantitative estimate of drug-likeness (QED) is 0.370. The summed E-state index contributed by atoms with van der Waals surface area (Å²) in [4.78, 5) is 12.7. The maximum atomic E-state index is 12.7. The van der Waals surface area contributed by atoms with E-state index in [-0.39, 0.29) is 15.8 Å². The van der Waals surface area contributed by atoms with Crippen LogP contribution >= 0.6 is 12.2 Å². The molecule has 0 aliphatic heterocycles. The van der Waals surface area contributed by atoms with E-state index < -0.39 is 15.9 Å². The van der Waals surface area contributed by atoms with Crippen LogP contribution in [0.4, 0.5) is 11.5 Å². The number of thiocarbonyl (C=S) groups is 1. The zero-order valence-corrected chi connectivity index (χ0v) is 20.6. The molecule has 0 spiro atoms. The minimum Gasteiger partial charge on any atom is -0.493 e. The molecule has 0 saturated heterocycles. The van der Waals surface area contributed by atoms with Crippen LogP contribution in [0.3, 0.4) is 0 Å². The number of aromatic nitrogens is 1. The second-order valence-electron chi connectivity index (χ2n) is 7.89. The topological polar surface area (TPSA) is 123 Å². The number of sulfonamides is 1. The summed E-state index contributed by atoms with van der Waals surface area (Å²) in [5.74, 6) is 1.13. The summed E-state index contributed by atoms with van der Waals surface area (Å²) in [5, 5.41) is 9.17. The fourth-order valence-corrected chi connectivity index (χ4v) is 4.04. The first-order valence-corrected chi connectivity index (χ1v) is 12.4. The molecule has 0 saturated carbocycles. The average molecular weight is 503 g/mol. The van der Waals surface area contributed by atoms with Gasteiger partial charge in [0.05, 0.1) is 17.1 Å². The van der Waals surface area contributed by atoms with E-state index in [0.717, 1.165) is 6.42 Å². The normalized spacial score (nSPS) is 11.2. The Morgan fingerprint density at radius 1 is 1.15 bits per heavy atom.